The number of primary amides is 1. The van der Waals surface area contributed by atoms with Gasteiger partial charge in [0.05, 0.1) is 12.7 Å². The minimum absolute atomic E-state index is 0.0343. The Kier molecular flexibility index (Phi) is 3.17. The van der Waals surface area contributed by atoms with Gasteiger partial charge in [-0.2, -0.15) is 4.57 Å². The number of carbonyl (C=O) groups is 1. The third-order valence-corrected chi connectivity index (χ3v) is 2.73. The van der Waals surface area contributed by atoms with Crippen molar-refractivity contribution in [3.63, 3.8) is 0 Å². The van der Waals surface area contributed by atoms with Crippen LogP contribution in [-0.2, 0) is 4.74 Å². The van der Waals surface area contributed by atoms with Crippen LogP contribution in [0.5, 0.6) is 0 Å². The molecule has 0 unspecified atom stereocenters. The Bertz CT molecular complexity index is 395. The zero-order valence-electron chi connectivity index (χ0n) is 8.87. The third kappa shape index (κ3) is 2.20. The van der Waals surface area contributed by atoms with Crippen LogP contribution >= 0.6 is 0 Å². The lowest BCUT2D eigenvalue weighted by atomic mass is 10.2. The van der Waals surface area contributed by atoms with Gasteiger partial charge in [-0.15, -0.1) is 0 Å². The Hall–Kier alpha value is -1.46. The first-order valence-electron chi connectivity index (χ1n) is 5.27. The molecule has 1 aliphatic rings. The summed E-state index contributed by atoms with van der Waals surface area (Å²) in [6.07, 6.45) is 4.95. The Morgan fingerprint density at radius 3 is 3.06 bits per heavy atom. The SMILES string of the molecule is NC(=O)c1ccc[n+]([C@H]2CC[C@@H](CO)O2)c1. The lowest BCUT2D eigenvalue weighted by Gasteiger charge is -2.07. The molecular weight excluding hydrogens is 208 g/mol. The van der Waals surface area contributed by atoms with E-state index in [0.717, 1.165) is 12.8 Å². The number of aliphatic hydroxyl groups excluding tert-OH is 1. The van der Waals surface area contributed by atoms with E-state index in [1.54, 1.807) is 18.3 Å². The number of hydrogen-bond donors (Lipinski definition) is 2. The van der Waals surface area contributed by atoms with E-state index in [2.05, 4.69) is 0 Å². The number of aromatic nitrogens is 1. The molecule has 0 aromatic carbocycles. The Balaban J connectivity index is 2.15. The normalized spacial score (nSPS) is 24.6. The summed E-state index contributed by atoms with van der Waals surface area (Å²) >= 11 is 0. The lowest BCUT2D eigenvalue weighted by Crippen LogP contribution is -2.40. The molecule has 2 rings (SSSR count). The average Bonchev–Trinajstić information content (AvgIpc) is 2.77. The van der Waals surface area contributed by atoms with Gasteiger partial charge in [-0.3, -0.25) is 4.79 Å². The number of nitrogens with zero attached hydrogens (tertiary/aromatic N) is 1. The van der Waals surface area contributed by atoms with E-state index in [1.807, 2.05) is 10.8 Å². The van der Waals surface area contributed by atoms with Crippen LogP contribution in [0.3, 0.4) is 0 Å². The van der Waals surface area contributed by atoms with Crippen LogP contribution in [0.1, 0.15) is 29.4 Å². The number of rotatable bonds is 3. The number of pyridine rings is 1. The smallest absolute Gasteiger partial charge is 0.262 e. The molecule has 86 valence electrons. The van der Waals surface area contributed by atoms with Crippen molar-refractivity contribution >= 4 is 5.91 Å². The minimum Gasteiger partial charge on any atom is -0.394 e. The van der Waals surface area contributed by atoms with Crippen LogP contribution in [0.4, 0.5) is 0 Å². The Labute approximate surface area is 93.5 Å². The van der Waals surface area contributed by atoms with Crippen LogP contribution in [0.15, 0.2) is 24.5 Å². The first-order chi connectivity index (χ1) is 7.70. The van der Waals surface area contributed by atoms with Crippen molar-refractivity contribution in [3.8, 4) is 0 Å². The van der Waals surface area contributed by atoms with E-state index in [0.29, 0.717) is 5.56 Å². The highest BCUT2D eigenvalue weighted by Gasteiger charge is 2.31. The van der Waals surface area contributed by atoms with Crippen molar-refractivity contribution in [2.24, 2.45) is 5.73 Å². The van der Waals surface area contributed by atoms with Crippen molar-refractivity contribution in [3.05, 3.63) is 30.1 Å². The summed E-state index contributed by atoms with van der Waals surface area (Å²) in [5, 5.41) is 8.97. The second-order valence-electron chi connectivity index (χ2n) is 3.88. The minimum atomic E-state index is -0.453. The molecule has 0 spiro atoms. The average molecular weight is 223 g/mol. The van der Waals surface area contributed by atoms with E-state index >= 15 is 0 Å². The topological polar surface area (TPSA) is 76.4 Å². The van der Waals surface area contributed by atoms with Gasteiger partial charge in [-0.05, 0) is 12.5 Å². The fourth-order valence-corrected chi connectivity index (χ4v) is 1.86. The van der Waals surface area contributed by atoms with E-state index in [1.165, 1.54) is 0 Å². The summed E-state index contributed by atoms with van der Waals surface area (Å²) in [6.45, 7) is 0.0343. The van der Waals surface area contributed by atoms with Gasteiger partial charge in [0.25, 0.3) is 12.1 Å². The zero-order valence-corrected chi connectivity index (χ0v) is 8.87. The molecule has 1 aromatic heterocycles. The van der Waals surface area contributed by atoms with Crippen molar-refractivity contribution < 1.29 is 19.2 Å². The maximum Gasteiger partial charge on any atom is 0.262 e. The fourth-order valence-electron chi connectivity index (χ4n) is 1.86. The Morgan fingerprint density at radius 1 is 1.62 bits per heavy atom. The maximum atomic E-state index is 11.0. The van der Waals surface area contributed by atoms with E-state index in [9.17, 15) is 4.79 Å². The van der Waals surface area contributed by atoms with Gasteiger partial charge >= 0.3 is 0 Å². The molecule has 5 nitrogen and oxygen atoms in total. The molecule has 0 radical (unpaired) electrons. The van der Waals surface area contributed by atoms with E-state index in [4.69, 9.17) is 15.6 Å². The third-order valence-electron chi connectivity index (χ3n) is 2.73. The second kappa shape index (κ2) is 4.59. The highest BCUT2D eigenvalue weighted by Crippen LogP contribution is 2.23. The van der Waals surface area contributed by atoms with Gasteiger partial charge in [0.15, 0.2) is 12.4 Å². The predicted octanol–water partition coefficient (Wildman–Crippen LogP) is -0.257. The number of ether oxygens (including phenoxy) is 1. The highest BCUT2D eigenvalue weighted by molar-refractivity contribution is 5.92. The summed E-state index contributed by atoms with van der Waals surface area (Å²) < 4.78 is 7.41. The number of carbonyl (C=O) groups excluding carboxylic acids is 1. The molecule has 1 fully saturated rings. The van der Waals surface area contributed by atoms with Gasteiger partial charge in [0.1, 0.15) is 5.56 Å². The molecule has 2 atom stereocenters. The fraction of sp³-hybridized carbons (Fsp3) is 0.455. The number of aliphatic hydroxyl groups is 1. The largest absolute Gasteiger partial charge is 0.394 e. The molecule has 5 heteroatoms. The molecule has 1 aromatic rings. The molecular formula is C11H15N2O3+. The molecule has 1 saturated heterocycles. The summed E-state index contributed by atoms with van der Waals surface area (Å²) in [4.78, 5) is 11.0. The first kappa shape index (κ1) is 11.0. The molecule has 1 amide bonds. The van der Waals surface area contributed by atoms with Crippen molar-refractivity contribution in [2.75, 3.05) is 6.61 Å². The number of amides is 1. The molecule has 0 bridgehead atoms. The molecule has 16 heavy (non-hydrogen) atoms. The van der Waals surface area contributed by atoms with E-state index < -0.39 is 5.91 Å². The lowest BCUT2D eigenvalue weighted by molar-refractivity contribution is -0.759. The first-order valence-corrected chi connectivity index (χ1v) is 5.27. The number of nitrogens with two attached hydrogens (primary N) is 1. The monoisotopic (exact) mass is 223 g/mol. The molecule has 3 N–H and O–H groups in total. The molecule has 2 heterocycles. The molecule has 0 saturated carbocycles. The van der Waals surface area contributed by atoms with E-state index in [-0.39, 0.29) is 18.9 Å². The van der Waals surface area contributed by atoms with Gasteiger partial charge in [0.2, 0.25) is 0 Å². The quantitative estimate of drug-likeness (QED) is 0.693. The van der Waals surface area contributed by atoms with Gasteiger partial charge < -0.3 is 15.6 Å². The van der Waals surface area contributed by atoms with Crippen LogP contribution in [0, 0.1) is 0 Å². The van der Waals surface area contributed by atoms with Gasteiger partial charge in [-0.25, -0.2) is 0 Å². The zero-order chi connectivity index (χ0) is 11.5. The molecule has 0 aliphatic carbocycles. The van der Waals surface area contributed by atoms with Crippen LogP contribution in [-0.4, -0.2) is 23.7 Å². The van der Waals surface area contributed by atoms with Crippen LogP contribution < -0.4 is 10.3 Å². The van der Waals surface area contributed by atoms with Crippen LogP contribution in [0.25, 0.3) is 0 Å². The van der Waals surface area contributed by atoms with Crippen molar-refractivity contribution in [2.45, 2.75) is 25.2 Å². The standard InChI is InChI=1S/C11H14N2O3/c12-11(15)8-2-1-5-13(6-8)10-4-3-9(7-14)16-10/h1-2,5-6,9-10,14H,3-4,7H2,(H-,12,15)/p+1/t9-,10+/m0/s1. The summed E-state index contributed by atoms with van der Waals surface area (Å²) in [7, 11) is 0. The van der Waals surface area contributed by atoms with Crippen LogP contribution in [0.2, 0.25) is 0 Å². The maximum absolute atomic E-state index is 11.0. The van der Waals surface area contributed by atoms with Crippen molar-refractivity contribution in [1.29, 1.82) is 0 Å². The Morgan fingerprint density at radius 2 is 2.44 bits per heavy atom. The summed E-state index contributed by atoms with van der Waals surface area (Å²) in [5.74, 6) is -0.453. The van der Waals surface area contributed by atoms with Gasteiger partial charge in [0, 0.05) is 12.5 Å². The summed E-state index contributed by atoms with van der Waals surface area (Å²) in [6, 6.07) is 3.42. The van der Waals surface area contributed by atoms with Gasteiger partial charge in [-0.1, -0.05) is 0 Å². The molecule has 1 aliphatic heterocycles. The highest BCUT2D eigenvalue weighted by atomic mass is 16.5. The number of hydrogen-bond acceptors (Lipinski definition) is 3. The summed E-state index contributed by atoms with van der Waals surface area (Å²) in [5.41, 5.74) is 5.66. The second-order valence-corrected chi connectivity index (χ2v) is 3.88. The van der Waals surface area contributed by atoms with Crippen molar-refractivity contribution in [1.82, 2.24) is 0 Å². The predicted molar refractivity (Wildman–Crippen MR) is 55.4 cm³/mol.